The molecule has 0 radical (unpaired) electrons. The van der Waals surface area contributed by atoms with Crippen LogP contribution in [0.25, 0.3) is 34.2 Å². The van der Waals surface area contributed by atoms with E-state index >= 15 is 0 Å². The molecule has 1 aliphatic rings. The number of likely N-dealkylation sites (N-methyl/N-ethyl adjacent to an activating group) is 3. The number of hydrogen-bond donors (Lipinski definition) is 11. The van der Waals surface area contributed by atoms with E-state index in [1.54, 1.807) is 96.4 Å². The van der Waals surface area contributed by atoms with Crippen molar-refractivity contribution in [1.82, 2.24) is 75.6 Å². The number of benzene rings is 4. The third-order valence-corrected chi connectivity index (χ3v) is 16.0. The number of esters is 1. The Morgan fingerprint density at radius 1 is 0.660 bits per heavy atom. The van der Waals surface area contributed by atoms with Crippen molar-refractivity contribution in [1.29, 1.82) is 0 Å². The van der Waals surface area contributed by atoms with Crippen molar-refractivity contribution in [3.8, 4) is 57.1 Å². The molecule has 0 saturated carbocycles. The third kappa shape index (κ3) is 21.3. The van der Waals surface area contributed by atoms with E-state index in [-0.39, 0.29) is 141 Å². The third-order valence-electron chi connectivity index (χ3n) is 16.0. The summed E-state index contributed by atoms with van der Waals surface area (Å²) in [5.74, 6) is -5.27. The molecule has 97 heavy (non-hydrogen) atoms. The molecule has 0 spiro atoms. The molecule has 3 amide bonds. The van der Waals surface area contributed by atoms with Crippen LogP contribution in [0.4, 0.5) is 0 Å². The predicted octanol–water partition coefficient (Wildman–Crippen LogP) is 2.33. The lowest BCUT2D eigenvalue weighted by molar-refractivity contribution is -0.347. The number of H-pyrrole nitrogens is 2. The maximum absolute atomic E-state index is 13.4. The summed E-state index contributed by atoms with van der Waals surface area (Å²) in [6.07, 6.45) is 1.39. The van der Waals surface area contributed by atoms with Gasteiger partial charge in [0.05, 0.1) is 47.4 Å². The number of nitrogens with zero attached hydrogens (tertiary/aromatic N) is 9. The number of hydroxylamine groups is 2. The zero-order chi connectivity index (χ0) is 70.5. The Bertz CT molecular complexity index is 3630. The lowest BCUT2D eigenvalue weighted by Gasteiger charge is -2.29. The average Bonchev–Trinajstić information content (AvgIpc) is 1.71. The molecule has 32 heteroatoms. The van der Waals surface area contributed by atoms with Crippen LogP contribution in [0.15, 0.2) is 82.4 Å². The van der Waals surface area contributed by atoms with E-state index in [4.69, 9.17) is 14.4 Å². The first-order chi connectivity index (χ1) is 46.3. The monoisotopic (exact) mass is 1350 g/mol. The summed E-state index contributed by atoms with van der Waals surface area (Å²) in [5, 5.41) is 77.8. The molecule has 11 N–H and O–H groups in total. The van der Waals surface area contributed by atoms with Gasteiger partial charge < -0.3 is 66.1 Å². The van der Waals surface area contributed by atoms with Gasteiger partial charge in [-0.25, -0.2) is 38.5 Å². The van der Waals surface area contributed by atoms with Gasteiger partial charge in [0.1, 0.15) is 29.0 Å². The molecule has 1 aliphatic heterocycles. The molecule has 3 heterocycles. The molecule has 0 unspecified atom stereocenters. The molecule has 1 atom stereocenters. The van der Waals surface area contributed by atoms with E-state index in [0.29, 0.717) is 97.4 Å². The van der Waals surface area contributed by atoms with E-state index in [9.17, 15) is 68.7 Å². The Morgan fingerprint density at radius 3 is 1.62 bits per heavy atom. The zero-order valence-corrected chi connectivity index (χ0v) is 55.5. The van der Waals surface area contributed by atoms with Gasteiger partial charge in [-0.2, -0.15) is 10.2 Å². The van der Waals surface area contributed by atoms with Crippen molar-refractivity contribution in [2.24, 2.45) is 0 Å². The van der Waals surface area contributed by atoms with Gasteiger partial charge in [0.15, 0.2) is 11.6 Å². The fourth-order valence-corrected chi connectivity index (χ4v) is 10.7. The number of carbonyl (C=O) groups excluding carboxylic acids is 6. The highest BCUT2D eigenvalue weighted by Crippen LogP contribution is 2.39. The van der Waals surface area contributed by atoms with Crippen LogP contribution >= 0.6 is 0 Å². The Hall–Kier alpha value is -9.99. The number of phenolic OH excluding ortho intramolecular Hbond substituents is 4. The molecule has 4 aromatic carbocycles. The van der Waals surface area contributed by atoms with Crippen LogP contribution in [0.5, 0.6) is 23.0 Å². The van der Waals surface area contributed by atoms with Gasteiger partial charge in [0.25, 0.3) is 11.8 Å². The predicted molar refractivity (Wildman–Crippen MR) is 353 cm³/mol. The van der Waals surface area contributed by atoms with Crippen LogP contribution in [0.2, 0.25) is 0 Å². The van der Waals surface area contributed by atoms with Crippen LogP contribution in [0.1, 0.15) is 110 Å². The number of aromatic hydroxyl groups is 4. The number of nitrogens with one attached hydrogen (secondary N) is 6. The first-order valence-electron chi connectivity index (χ1n) is 31.9. The maximum atomic E-state index is 13.4. The van der Waals surface area contributed by atoms with Gasteiger partial charge in [-0.3, -0.25) is 38.7 Å². The Labute approximate surface area is 559 Å². The topological polar surface area (TPSA) is 414 Å². The number of aromatic nitrogens is 6. The number of hydrogen-bond acceptors (Lipinski definition) is 24. The molecule has 2 aromatic heterocycles. The van der Waals surface area contributed by atoms with Crippen molar-refractivity contribution in [2.45, 2.75) is 84.6 Å². The minimum absolute atomic E-state index is 0.00868. The number of aromatic amines is 2. The van der Waals surface area contributed by atoms with Crippen molar-refractivity contribution in [2.75, 3.05) is 112 Å². The van der Waals surface area contributed by atoms with Crippen molar-refractivity contribution >= 4 is 41.6 Å². The van der Waals surface area contributed by atoms with Gasteiger partial charge in [-0.15, -0.1) is 0 Å². The average molecular weight is 1350 g/mol. The van der Waals surface area contributed by atoms with E-state index in [2.05, 4.69) is 46.6 Å². The van der Waals surface area contributed by atoms with Crippen LogP contribution in [0, 0.1) is 0 Å². The number of rotatable bonds is 33. The normalized spacial score (nSPS) is 13.8. The summed E-state index contributed by atoms with van der Waals surface area (Å²) in [6.45, 7) is 12.0. The van der Waals surface area contributed by atoms with E-state index in [1.807, 2.05) is 27.7 Å². The molecule has 1 fully saturated rings. The molecule has 32 nitrogen and oxygen atoms in total. The summed E-state index contributed by atoms with van der Waals surface area (Å²) < 4.78 is 7.70. The summed E-state index contributed by atoms with van der Waals surface area (Å²) in [7, 11) is 3.32. The first kappa shape index (κ1) is 74.4. The Balaban J connectivity index is 0.911. The van der Waals surface area contributed by atoms with E-state index in [0.717, 1.165) is 0 Å². The maximum Gasteiger partial charge on any atom is 0.348 e. The smallest absolute Gasteiger partial charge is 0.348 e. The Morgan fingerprint density at radius 2 is 1.14 bits per heavy atom. The molecule has 7 rings (SSSR count). The van der Waals surface area contributed by atoms with Gasteiger partial charge >= 0.3 is 35.3 Å². The highest BCUT2D eigenvalue weighted by molar-refractivity contribution is 5.95. The summed E-state index contributed by atoms with van der Waals surface area (Å²) in [4.78, 5) is 133. The van der Waals surface area contributed by atoms with Crippen LogP contribution < -0.4 is 32.6 Å². The highest BCUT2D eigenvalue weighted by atomic mass is 17.0. The molecule has 0 bridgehead atoms. The number of ether oxygens (including phenoxy) is 1. The summed E-state index contributed by atoms with van der Waals surface area (Å²) >= 11 is 0. The zero-order valence-electron chi connectivity index (χ0n) is 55.5. The Kier molecular flexibility index (Phi) is 27.4. The van der Waals surface area contributed by atoms with Gasteiger partial charge in [-0.05, 0) is 150 Å². The van der Waals surface area contributed by atoms with Crippen LogP contribution in [0.3, 0.4) is 0 Å². The second-order valence-electron chi connectivity index (χ2n) is 24.0. The lowest BCUT2D eigenvalue weighted by atomic mass is 9.98. The van der Waals surface area contributed by atoms with E-state index in [1.165, 1.54) is 21.3 Å². The highest BCUT2D eigenvalue weighted by Gasteiger charge is 2.28. The largest absolute Gasteiger partial charge is 0.508 e. The lowest BCUT2D eigenvalue weighted by Crippen LogP contribution is -2.46. The van der Waals surface area contributed by atoms with Crippen LogP contribution in [-0.4, -0.2) is 240 Å². The second kappa shape index (κ2) is 35.7. The first-order valence-corrected chi connectivity index (χ1v) is 31.9. The fraction of sp³-hybridized carbons (Fsp3) is 0.462. The number of carboxylic acids is 1. The van der Waals surface area contributed by atoms with Crippen molar-refractivity contribution < 1.29 is 73.5 Å². The molecular formula is C65H87N15O17. The molecule has 1 saturated heterocycles. The molecular weight excluding hydrogens is 1260 g/mol. The number of amides is 3. The molecule has 6 aromatic rings. The fourth-order valence-electron chi connectivity index (χ4n) is 10.7. The second-order valence-corrected chi connectivity index (χ2v) is 24.0. The quantitative estimate of drug-likeness (QED) is 0.0208. The standard InChI is InChI=1S/C65H87N15O17/c1-8-77(31-30-75(7)37-57(87)95-39-78-96-56(86)36-66-25-29-74(6)38-58(88)97-78)50(63(91)92)20-21-55(85)67-22-9-26-76(27-10-23-68-61(89)42-12-16-44(17-13-42)79-59(70-72-64(79)93)48-32-46(40(2)3)51(81)34-53(48)83)28-11-24-69-62(90)43-14-18-45(19-15-43)80-60(71-73-65(80)94)49-33-47(41(4)5)52(82)35-54(49)84/h12-19,32-35,40-41,50,66,81-84H,8-11,20-31,36-39H2,1-7H3,(H,67,85)(H,68,89)(H,69,90)(H,72,93)(H,73,94)(H,91,92)/t50-/m1/s1. The van der Waals surface area contributed by atoms with E-state index < -0.39 is 48.0 Å². The molecule has 0 aliphatic carbocycles. The summed E-state index contributed by atoms with van der Waals surface area (Å²) in [6, 6.07) is 17.0. The molecule has 524 valence electrons. The SMILES string of the molecule is CCN(CCN(C)CC(=O)OCN1OC(=O)CNCCN(C)CC(=O)O1)[C@H](CCC(=O)NCCCN(CCCNC(=O)c1ccc(-n2c(-c3cc(C(C)C)c(O)cc3O)n[nH]c2=O)cc1)CCCNC(=O)c1ccc(-n2c(-c3cc(C(C)C)c(O)cc3O)n[nH]c2=O)cc1)C(=O)O. The number of phenols is 4. The minimum atomic E-state index is -1.13. The van der Waals surface area contributed by atoms with Crippen LogP contribution in [-0.2, 0) is 38.4 Å². The van der Waals surface area contributed by atoms with Crippen molar-refractivity contribution in [3.05, 3.63) is 116 Å². The minimum Gasteiger partial charge on any atom is -0.508 e. The number of carbonyl (C=O) groups is 7. The summed E-state index contributed by atoms with van der Waals surface area (Å²) in [5.41, 5.74) is 1.67. The van der Waals surface area contributed by atoms with Gasteiger partial charge in [-0.1, -0.05) is 34.6 Å². The number of aliphatic carboxylic acids is 1. The van der Waals surface area contributed by atoms with Gasteiger partial charge in [0.2, 0.25) is 12.6 Å². The number of carboxylic acid groups (broad SMARTS) is 1. The van der Waals surface area contributed by atoms with Gasteiger partial charge in [0, 0.05) is 75.5 Å². The van der Waals surface area contributed by atoms with Crippen molar-refractivity contribution in [3.63, 3.8) is 0 Å².